The second-order valence-electron chi connectivity index (χ2n) is 3.24. The molecule has 0 N–H and O–H groups in total. The molecule has 6 heteroatoms. The van der Waals surface area contributed by atoms with Crippen molar-refractivity contribution >= 4 is 31.9 Å². The fourth-order valence-corrected chi connectivity index (χ4v) is 2.42. The summed E-state index contributed by atoms with van der Waals surface area (Å²) in [5.74, 6) is -0.330. The summed E-state index contributed by atoms with van der Waals surface area (Å²) in [6.45, 7) is 1.86. The largest absolute Gasteiger partial charge is 0.213 e. The van der Waals surface area contributed by atoms with Gasteiger partial charge in [-0.3, -0.25) is 0 Å². The molecule has 0 aliphatic heterocycles. The minimum atomic E-state index is -0.330. The molecule has 0 radical (unpaired) electrons. The van der Waals surface area contributed by atoms with Crippen LogP contribution in [0.3, 0.4) is 0 Å². The van der Waals surface area contributed by atoms with Gasteiger partial charge in [-0.15, -0.1) is 5.10 Å². The molecule has 2 aromatic rings. The summed E-state index contributed by atoms with van der Waals surface area (Å²) in [6, 6.07) is 4.81. The fraction of sp³-hybridized carbons (Fsp3) is 0.200. The van der Waals surface area contributed by atoms with Crippen molar-refractivity contribution in [2.45, 2.75) is 12.3 Å². The van der Waals surface area contributed by atoms with Crippen LogP contribution >= 0.6 is 31.9 Å². The molecule has 3 nitrogen and oxygen atoms in total. The van der Waals surface area contributed by atoms with Crippen LogP contribution in [-0.4, -0.2) is 15.0 Å². The Bertz CT molecular complexity index is 505. The van der Waals surface area contributed by atoms with Crippen LogP contribution in [0.5, 0.6) is 0 Å². The van der Waals surface area contributed by atoms with Gasteiger partial charge in [0.05, 0.1) is 11.4 Å². The summed E-state index contributed by atoms with van der Waals surface area (Å²) in [5.41, 5.74) is 2.01. The number of rotatable bonds is 2. The van der Waals surface area contributed by atoms with Gasteiger partial charge in [-0.2, -0.15) is 0 Å². The van der Waals surface area contributed by atoms with Crippen LogP contribution in [0.4, 0.5) is 4.39 Å². The summed E-state index contributed by atoms with van der Waals surface area (Å²) in [6.07, 6.45) is 0. The van der Waals surface area contributed by atoms with E-state index >= 15 is 0 Å². The highest BCUT2D eigenvalue weighted by Gasteiger charge is 2.14. The number of benzene rings is 1. The SMILES string of the molecule is Cc1c(CBr)nnn1-c1c(F)cccc1Br. The summed E-state index contributed by atoms with van der Waals surface area (Å²) in [7, 11) is 0. The van der Waals surface area contributed by atoms with Crippen molar-refractivity contribution < 1.29 is 4.39 Å². The van der Waals surface area contributed by atoms with Gasteiger partial charge in [0, 0.05) is 9.80 Å². The van der Waals surface area contributed by atoms with Crippen LogP contribution in [0, 0.1) is 12.7 Å². The molecule has 0 bridgehead atoms. The molecule has 1 heterocycles. The van der Waals surface area contributed by atoms with Gasteiger partial charge in [0.25, 0.3) is 0 Å². The molecule has 0 spiro atoms. The molecular weight excluding hydrogens is 341 g/mol. The van der Waals surface area contributed by atoms with Gasteiger partial charge < -0.3 is 0 Å². The zero-order valence-corrected chi connectivity index (χ0v) is 11.6. The zero-order valence-electron chi connectivity index (χ0n) is 8.41. The standard InChI is InChI=1S/C10H8Br2FN3/c1-6-9(5-11)14-15-16(6)10-7(12)3-2-4-8(10)13/h2-4H,5H2,1H3. The molecule has 0 unspecified atom stereocenters. The Balaban J connectivity index is 2.63. The van der Waals surface area contributed by atoms with E-state index in [0.29, 0.717) is 15.5 Å². The number of nitrogens with zero attached hydrogens (tertiary/aromatic N) is 3. The van der Waals surface area contributed by atoms with Crippen LogP contribution in [0.15, 0.2) is 22.7 Å². The highest BCUT2D eigenvalue weighted by atomic mass is 79.9. The molecule has 16 heavy (non-hydrogen) atoms. The van der Waals surface area contributed by atoms with Gasteiger partial charge in [-0.25, -0.2) is 9.07 Å². The second kappa shape index (κ2) is 4.63. The Morgan fingerprint density at radius 1 is 1.44 bits per heavy atom. The summed E-state index contributed by atoms with van der Waals surface area (Å²) >= 11 is 6.62. The highest BCUT2D eigenvalue weighted by Crippen LogP contribution is 2.25. The Kier molecular flexibility index (Phi) is 3.39. The van der Waals surface area contributed by atoms with Crippen molar-refractivity contribution in [2.24, 2.45) is 0 Å². The Hall–Kier alpha value is -0.750. The first-order valence-electron chi connectivity index (χ1n) is 4.56. The Labute approximate surface area is 109 Å². The number of hydrogen-bond acceptors (Lipinski definition) is 2. The van der Waals surface area contributed by atoms with Gasteiger partial charge in [-0.05, 0) is 35.0 Å². The van der Waals surface area contributed by atoms with E-state index in [1.165, 1.54) is 10.7 Å². The van der Waals surface area contributed by atoms with Gasteiger partial charge in [-0.1, -0.05) is 27.2 Å². The number of halogens is 3. The molecule has 84 valence electrons. The van der Waals surface area contributed by atoms with E-state index in [0.717, 1.165) is 11.4 Å². The Morgan fingerprint density at radius 2 is 2.19 bits per heavy atom. The molecule has 0 saturated carbocycles. The van der Waals surface area contributed by atoms with Crippen molar-refractivity contribution in [1.82, 2.24) is 15.0 Å². The third-order valence-corrected chi connectivity index (χ3v) is 3.44. The van der Waals surface area contributed by atoms with Gasteiger partial charge in [0.2, 0.25) is 0 Å². The molecule has 0 fully saturated rings. The van der Waals surface area contributed by atoms with Crippen molar-refractivity contribution in [1.29, 1.82) is 0 Å². The lowest BCUT2D eigenvalue weighted by Crippen LogP contribution is -2.03. The van der Waals surface area contributed by atoms with Crippen molar-refractivity contribution in [3.05, 3.63) is 39.9 Å². The van der Waals surface area contributed by atoms with Gasteiger partial charge in [0.15, 0.2) is 0 Å². The van der Waals surface area contributed by atoms with Crippen molar-refractivity contribution in [2.75, 3.05) is 0 Å². The zero-order chi connectivity index (χ0) is 11.7. The van der Waals surface area contributed by atoms with Crippen molar-refractivity contribution in [3.8, 4) is 5.69 Å². The maximum atomic E-state index is 13.7. The monoisotopic (exact) mass is 347 g/mol. The van der Waals surface area contributed by atoms with Crippen LogP contribution < -0.4 is 0 Å². The first kappa shape index (κ1) is 11.7. The van der Waals surface area contributed by atoms with Gasteiger partial charge >= 0.3 is 0 Å². The summed E-state index contributed by atoms with van der Waals surface area (Å²) in [5, 5.41) is 8.52. The van der Waals surface area contributed by atoms with Crippen LogP contribution in [-0.2, 0) is 5.33 Å². The quantitative estimate of drug-likeness (QED) is 0.779. The predicted molar refractivity (Wildman–Crippen MR) is 66.4 cm³/mol. The van der Waals surface area contributed by atoms with Crippen LogP contribution in [0.25, 0.3) is 5.69 Å². The molecule has 0 amide bonds. The van der Waals surface area contributed by atoms with E-state index in [4.69, 9.17) is 0 Å². The highest BCUT2D eigenvalue weighted by molar-refractivity contribution is 9.10. The number of para-hydroxylation sites is 1. The maximum Gasteiger partial charge on any atom is 0.150 e. The molecular formula is C10H8Br2FN3. The molecule has 1 aromatic heterocycles. The third-order valence-electron chi connectivity index (χ3n) is 2.27. The lowest BCUT2D eigenvalue weighted by molar-refractivity contribution is 0.603. The minimum Gasteiger partial charge on any atom is -0.213 e. The average Bonchev–Trinajstić information content (AvgIpc) is 2.60. The van der Waals surface area contributed by atoms with Crippen molar-refractivity contribution in [3.63, 3.8) is 0 Å². The lowest BCUT2D eigenvalue weighted by atomic mass is 10.3. The normalized spacial score (nSPS) is 10.8. The first-order chi connectivity index (χ1) is 7.65. The van der Waals surface area contributed by atoms with E-state index in [-0.39, 0.29) is 5.82 Å². The number of aromatic nitrogens is 3. The topological polar surface area (TPSA) is 30.7 Å². The fourth-order valence-electron chi connectivity index (χ4n) is 1.39. The third kappa shape index (κ3) is 1.91. The number of hydrogen-bond donors (Lipinski definition) is 0. The van der Waals surface area contributed by atoms with E-state index in [9.17, 15) is 4.39 Å². The minimum absolute atomic E-state index is 0.330. The van der Waals surface area contributed by atoms with Crippen LogP contribution in [0.1, 0.15) is 11.4 Å². The summed E-state index contributed by atoms with van der Waals surface area (Å²) < 4.78 is 15.8. The average molecular weight is 349 g/mol. The molecule has 2 rings (SSSR count). The number of alkyl halides is 1. The lowest BCUT2D eigenvalue weighted by Gasteiger charge is -2.06. The van der Waals surface area contributed by atoms with E-state index in [2.05, 4.69) is 42.2 Å². The van der Waals surface area contributed by atoms with E-state index in [1.807, 2.05) is 6.92 Å². The van der Waals surface area contributed by atoms with Crippen LogP contribution in [0.2, 0.25) is 0 Å². The van der Waals surface area contributed by atoms with E-state index < -0.39 is 0 Å². The smallest absolute Gasteiger partial charge is 0.150 e. The van der Waals surface area contributed by atoms with E-state index in [1.54, 1.807) is 12.1 Å². The van der Waals surface area contributed by atoms with Gasteiger partial charge in [0.1, 0.15) is 11.5 Å². The molecule has 0 atom stereocenters. The Morgan fingerprint density at radius 3 is 2.75 bits per heavy atom. The molecule has 0 aliphatic rings. The molecule has 1 aromatic carbocycles. The maximum absolute atomic E-state index is 13.7. The molecule has 0 saturated heterocycles. The summed E-state index contributed by atoms with van der Waals surface area (Å²) in [4.78, 5) is 0. The first-order valence-corrected chi connectivity index (χ1v) is 6.48. The predicted octanol–water partition coefficient (Wildman–Crippen LogP) is 3.37. The molecule has 0 aliphatic carbocycles. The second-order valence-corrected chi connectivity index (χ2v) is 4.65.